The highest BCUT2D eigenvalue weighted by Crippen LogP contribution is 2.22. The molecule has 0 atom stereocenters. The molecule has 2 rings (SSSR count). The van der Waals surface area contributed by atoms with Gasteiger partial charge >= 0.3 is 0 Å². The first-order chi connectivity index (χ1) is 8.06. The van der Waals surface area contributed by atoms with E-state index >= 15 is 0 Å². The highest BCUT2D eigenvalue weighted by Gasteiger charge is 2.18. The molecule has 0 aromatic carbocycles. The van der Waals surface area contributed by atoms with Crippen molar-refractivity contribution in [1.82, 2.24) is 9.88 Å². The number of carbonyl (C=O) groups is 1. The highest BCUT2D eigenvalue weighted by molar-refractivity contribution is 7.13. The fourth-order valence-corrected chi connectivity index (χ4v) is 3.26. The minimum atomic E-state index is 0.138. The maximum Gasteiger partial charge on any atom is 0.171 e. The Morgan fingerprint density at radius 3 is 2.65 bits per heavy atom. The van der Waals surface area contributed by atoms with Gasteiger partial charge in [0.25, 0.3) is 0 Å². The Hall–Kier alpha value is -0.740. The van der Waals surface area contributed by atoms with Gasteiger partial charge in [0.1, 0.15) is 5.01 Å². The van der Waals surface area contributed by atoms with Crippen LogP contribution < -0.4 is 0 Å². The molecule has 17 heavy (non-hydrogen) atoms. The van der Waals surface area contributed by atoms with Gasteiger partial charge < -0.3 is 0 Å². The van der Waals surface area contributed by atoms with Crippen LogP contribution >= 0.6 is 11.3 Å². The average molecular weight is 252 g/mol. The second kappa shape index (κ2) is 5.27. The minimum absolute atomic E-state index is 0.138. The number of rotatable bonds is 3. The first kappa shape index (κ1) is 12.7. The van der Waals surface area contributed by atoms with Crippen LogP contribution in [0.25, 0.3) is 0 Å². The molecular weight excluding hydrogens is 232 g/mol. The lowest BCUT2D eigenvalue weighted by Gasteiger charge is -2.29. The molecule has 4 heteroatoms. The summed E-state index contributed by atoms with van der Waals surface area (Å²) in [5.41, 5.74) is 0.892. The lowest BCUT2D eigenvalue weighted by Crippen LogP contribution is -2.32. The largest absolute Gasteiger partial charge is 0.297 e. The van der Waals surface area contributed by atoms with Crippen LogP contribution in [0.2, 0.25) is 0 Å². The molecule has 0 aliphatic carbocycles. The molecule has 0 radical (unpaired) electrons. The van der Waals surface area contributed by atoms with Gasteiger partial charge in [-0.3, -0.25) is 9.69 Å². The van der Waals surface area contributed by atoms with Gasteiger partial charge in [0, 0.05) is 6.92 Å². The van der Waals surface area contributed by atoms with E-state index in [9.17, 15) is 4.79 Å². The van der Waals surface area contributed by atoms with Crippen molar-refractivity contribution < 1.29 is 4.79 Å². The standard InChI is InChI=1S/C13H20N2OS/c1-9-4-6-15(7-5-9)8-12-14-10(2)13(17-12)11(3)16/h9H,4-8H2,1-3H3. The van der Waals surface area contributed by atoms with Gasteiger partial charge in [0.05, 0.1) is 17.1 Å². The summed E-state index contributed by atoms with van der Waals surface area (Å²) in [4.78, 5) is 19.1. The number of piperidine rings is 1. The van der Waals surface area contributed by atoms with Gasteiger partial charge in [0.2, 0.25) is 0 Å². The normalized spacial score (nSPS) is 18.5. The van der Waals surface area contributed by atoms with Crippen molar-refractivity contribution in [1.29, 1.82) is 0 Å². The van der Waals surface area contributed by atoms with E-state index in [1.165, 1.54) is 12.8 Å². The molecule has 1 fully saturated rings. The summed E-state index contributed by atoms with van der Waals surface area (Å²) in [5, 5.41) is 1.09. The number of aryl methyl sites for hydroxylation is 1. The molecule has 3 nitrogen and oxygen atoms in total. The van der Waals surface area contributed by atoms with Gasteiger partial charge in [-0.1, -0.05) is 6.92 Å². The van der Waals surface area contributed by atoms with Crippen LogP contribution in [-0.4, -0.2) is 28.8 Å². The Kier molecular flexibility index (Phi) is 3.94. The number of hydrogen-bond donors (Lipinski definition) is 0. The van der Waals surface area contributed by atoms with E-state index in [4.69, 9.17) is 0 Å². The maximum absolute atomic E-state index is 11.4. The van der Waals surface area contributed by atoms with Crippen molar-refractivity contribution in [2.24, 2.45) is 5.92 Å². The molecular formula is C13H20N2OS. The van der Waals surface area contributed by atoms with E-state index < -0.39 is 0 Å². The van der Waals surface area contributed by atoms with E-state index in [-0.39, 0.29) is 5.78 Å². The van der Waals surface area contributed by atoms with Gasteiger partial charge in [-0.15, -0.1) is 11.3 Å². The van der Waals surface area contributed by atoms with E-state index in [1.807, 2.05) is 6.92 Å². The Balaban J connectivity index is 1.99. The van der Waals surface area contributed by atoms with Crippen molar-refractivity contribution in [3.63, 3.8) is 0 Å². The fraction of sp³-hybridized carbons (Fsp3) is 0.692. The van der Waals surface area contributed by atoms with E-state index in [2.05, 4.69) is 16.8 Å². The molecule has 1 saturated heterocycles. The van der Waals surface area contributed by atoms with Crippen molar-refractivity contribution in [3.05, 3.63) is 15.6 Å². The summed E-state index contributed by atoms with van der Waals surface area (Å²) in [6, 6.07) is 0. The van der Waals surface area contributed by atoms with Crippen LogP contribution in [0.5, 0.6) is 0 Å². The number of hydrogen-bond acceptors (Lipinski definition) is 4. The Morgan fingerprint density at radius 2 is 2.12 bits per heavy atom. The highest BCUT2D eigenvalue weighted by atomic mass is 32.1. The molecule has 0 amide bonds. The average Bonchev–Trinajstić information content (AvgIpc) is 2.63. The van der Waals surface area contributed by atoms with Crippen molar-refractivity contribution >= 4 is 17.1 Å². The number of carbonyl (C=O) groups excluding carboxylic acids is 1. The molecule has 1 aromatic rings. The van der Waals surface area contributed by atoms with Crippen molar-refractivity contribution in [3.8, 4) is 0 Å². The summed E-state index contributed by atoms with van der Waals surface area (Å²) >= 11 is 1.56. The lowest BCUT2D eigenvalue weighted by molar-refractivity contribution is 0.102. The number of ketones is 1. The third-order valence-electron chi connectivity index (χ3n) is 3.40. The van der Waals surface area contributed by atoms with E-state index in [0.29, 0.717) is 0 Å². The number of thiazole rings is 1. The third-order valence-corrected chi connectivity index (χ3v) is 4.64. The molecule has 0 N–H and O–H groups in total. The molecule has 0 saturated carbocycles. The number of likely N-dealkylation sites (tertiary alicyclic amines) is 1. The summed E-state index contributed by atoms with van der Waals surface area (Å²) in [6.07, 6.45) is 2.56. The molecule has 0 bridgehead atoms. The van der Waals surface area contributed by atoms with Crippen LogP contribution in [0.3, 0.4) is 0 Å². The van der Waals surface area contributed by atoms with Gasteiger partial charge in [-0.25, -0.2) is 4.98 Å². The maximum atomic E-state index is 11.4. The monoisotopic (exact) mass is 252 g/mol. The summed E-state index contributed by atoms with van der Waals surface area (Å²) in [6.45, 7) is 9.09. The number of aromatic nitrogens is 1. The van der Waals surface area contributed by atoms with Gasteiger partial charge in [0.15, 0.2) is 5.78 Å². The Morgan fingerprint density at radius 1 is 1.47 bits per heavy atom. The SMILES string of the molecule is CC(=O)c1sc(CN2CCC(C)CC2)nc1C. The zero-order valence-electron chi connectivity index (χ0n) is 10.8. The number of nitrogens with zero attached hydrogens (tertiary/aromatic N) is 2. The molecule has 1 aromatic heterocycles. The Bertz CT molecular complexity index is 406. The molecule has 0 spiro atoms. The van der Waals surface area contributed by atoms with Crippen LogP contribution in [0, 0.1) is 12.8 Å². The Labute approximate surface area is 107 Å². The van der Waals surface area contributed by atoms with Crippen LogP contribution in [-0.2, 0) is 6.54 Å². The van der Waals surface area contributed by atoms with Gasteiger partial charge in [-0.05, 0) is 38.8 Å². The lowest BCUT2D eigenvalue weighted by atomic mass is 9.99. The van der Waals surface area contributed by atoms with Crippen LogP contribution in [0.4, 0.5) is 0 Å². The zero-order valence-corrected chi connectivity index (χ0v) is 11.6. The van der Waals surface area contributed by atoms with E-state index in [1.54, 1.807) is 18.3 Å². The number of Topliss-reactive ketones (excluding diaryl/α,β-unsaturated/α-hetero) is 1. The van der Waals surface area contributed by atoms with Crippen molar-refractivity contribution in [2.75, 3.05) is 13.1 Å². The first-order valence-corrected chi connectivity index (χ1v) is 7.07. The summed E-state index contributed by atoms with van der Waals surface area (Å²) in [7, 11) is 0. The molecule has 2 heterocycles. The van der Waals surface area contributed by atoms with Crippen molar-refractivity contribution in [2.45, 2.75) is 40.2 Å². The molecule has 1 aliphatic heterocycles. The van der Waals surface area contributed by atoms with Crippen LogP contribution in [0.1, 0.15) is 47.1 Å². The first-order valence-electron chi connectivity index (χ1n) is 6.26. The predicted octanol–water partition coefficient (Wildman–Crippen LogP) is 2.89. The van der Waals surface area contributed by atoms with E-state index in [0.717, 1.165) is 41.1 Å². The second-order valence-electron chi connectivity index (χ2n) is 5.04. The molecule has 0 unspecified atom stereocenters. The third kappa shape index (κ3) is 3.13. The quantitative estimate of drug-likeness (QED) is 0.776. The predicted molar refractivity (Wildman–Crippen MR) is 70.5 cm³/mol. The second-order valence-corrected chi connectivity index (χ2v) is 6.12. The topological polar surface area (TPSA) is 33.2 Å². The summed E-state index contributed by atoms with van der Waals surface area (Å²) < 4.78 is 0. The molecule has 1 aliphatic rings. The molecule has 94 valence electrons. The van der Waals surface area contributed by atoms with Gasteiger partial charge in [-0.2, -0.15) is 0 Å². The fourth-order valence-electron chi connectivity index (χ4n) is 2.26. The zero-order chi connectivity index (χ0) is 12.4. The van der Waals surface area contributed by atoms with Crippen LogP contribution in [0.15, 0.2) is 0 Å². The minimum Gasteiger partial charge on any atom is -0.297 e. The summed E-state index contributed by atoms with van der Waals surface area (Å²) in [5.74, 6) is 0.996. The smallest absolute Gasteiger partial charge is 0.171 e.